The Bertz CT molecular complexity index is 2060. The molecule has 2 amide bonds. The maximum Gasteiger partial charge on any atom is 0.303 e. The first-order valence-corrected chi connectivity index (χ1v) is 24.0. The van der Waals surface area contributed by atoms with Crippen LogP contribution in [-0.4, -0.2) is 176 Å². The zero-order chi connectivity index (χ0) is 49.2. The van der Waals surface area contributed by atoms with Crippen LogP contribution >= 0.6 is 0 Å². The van der Waals surface area contributed by atoms with Gasteiger partial charge in [0.05, 0.1) is 68.9 Å². The van der Waals surface area contributed by atoms with Crippen LogP contribution in [0.5, 0.6) is 0 Å². The molecule has 0 saturated carbocycles. The average molecular weight is 951 g/mol. The summed E-state index contributed by atoms with van der Waals surface area (Å²) in [6.07, 6.45) is 10.9. The number of hydrogen-bond acceptors (Lipinski definition) is 18. The van der Waals surface area contributed by atoms with Crippen molar-refractivity contribution in [3.05, 3.63) is 23.8 Å². The average Bonchev–Trinajstić information content (AvgIpc) is 4.04. The van der Waals surface area contributed by atoms with Crippen molar-refractivity contribution in [2.24, 2.45) is 29.2 Å². The van der Waals surface area contributed by atoms with E-state index in [0.717, 1.165) is 19.3 Å². The number of carboxylic acid groups (broad SMARTS) is 1. The molecule has 0 bridgehead atoms. The second-order valence-electron chi connectivity index (χ2n) is 18.0. The molecule has 5 rings (SSSR count). The fraction of sp³-hybridized carbons (Fsp3) is 0.733. The van der Waals surface area contributed by atoms with Gasteiger partial charge in [0, 0.05) is 65.3 Å². The molecule has 376 valence electrons. The number of nitrogens with zero attached hydrogens (tertiary/aromatic N) is 13. The number of carboxylic acids is 1. The fourth-order valence-corrected chi connectivity index (χ4v) is 8.01. The third-order valence-corrected chi connectivity index (χ3v) is 12.5. The fourth-order valence-electron chi connectivity index (χ4n) is 8.01. The first-order valence-electron chi connectivity index (χ1n) is 24.0. The van der Waals surface area contributed by atoms with Crippen LogP contribution in [0.2, 0.25) is 0 Å². The Morgan fingerprint density at radius 2 is 1.29 bits per heavy atom. The van der Waals surface area contributed by atoms with Gasteiger partial charge >= 0.3 is 5.97 Å². The first-order chi connectivity index (χ1) is 32.7. The van der Waals surface area contributed by atoms with Gasteiger partial charge in [-0.2, -0.15) is 15.0 Å². The molecule has 3 aromatic heterocycles. The molecular weight excluding hydrogens is 877 g/mol. The standard InChI is InChI=1S/C45H74N16O7/c1-8-22-66-24-26-68-27-25-67-23-13-48-43-49-44(58-18-14-56(15-19-58)41(64)37(11-12-38(62)63)60-30-36(53-54-60)39(47)32(6)9-2)51-45(50-43)59-20-16-57(17-21-59)42(65)40(33(7)10-3)61-29-35(52-55-61)34(46)28-31(4)5/h1,29-34,37,39-40H,9-28,46-47H2,2-7H3,(H,62,63)(H,48,49,50,51). The van der Waals surface area contributed by atoms with E-state index in [0.29, 0.717) is 127 Å². The Morgan fingerprint density at radius 1 is 0.750 bits per heavy atom. The number of piperazine rings is 2. The summed E-state index contributed by atoms with van der Waals surface area (Å²) >= 11 is 0. The third kappa shape index (κ3) is 15.2. The lowest BCUT2D eigenvalue weighted by Gasteiger charge is -2.38. The number of anilines is 3. The number of terminal acetylenes is 1. The van der Waals surface area contributed by atoms with Gasteiger partial charge < -0.3 is 55.7 Å². The summed E-state index contributed by atoms with van der Waals surface area (Å²) in [5.74, 6) is 2.92. The van der Waals surface area contributed by atoms with Crippen LogP contribution in [0.4, 0.5) is 17.8 Å². The number of ether oxygens (including phenoxy) is 3. The Morgan fingerprint density at radius 3 is 1.87 bits per heavy atom. The lowest BCUT2D eigenvalue weighted by Crippen LogP contribution is -2.52. The lowest BCUT2D eigenvalue weighted by molar-refractivity contribution is -0.139. The molecule has 23 nitrogen and oxygen atoms in total. The smallest absolute Gasteiger partial charge is 0.303 e. The topological polar surface area (TPSA) is 276 Å². The van der Waals surface area contributed by atoms with Crippen molar-refractivity contribution in [3.8, 4) is 12.3 Å². The molecule has 6 N–H and O–H groups in total. The van der Waals surface area contributed by atoms with E-state index in [1.165, 1.54) is 4.68 Å². The van der Waals surface area contributed by atoms with Crippen LogP contribution in [-0.2, 0) is 28.6 Å². The summed E-state index contributed by atoms with van der Waals surface area (Å²) in [4.78, 5) is 62.2. The Hall–Kier alpha value is -5.54. The minimum atomic E-state index is -1.01. The minimum absolute atomic E-state index is 0.00617. The summed E-state index contributed by atoms with van der Waals surface area (Å²) in [6, 6.07) is -2.02. The van der Waals surface area contributed by atoms with Gasteiger partial charge in [0.1, 0.15) is 18.7 Å². The molecule has 2 saturated heterocycles. The first kappa shape index (κ1) is 53.4. The second-order valence-corrected chi connectivity index (χ2v) is 18.0. The van der Waals surface area contributed by atoms with Gasteiger partial charge in [0.25, 0.3) is 0 Å². The number of carbonyl (C=O) groups excluding carboxylic acids is 2. The lowest BCUT2D eigenvalue weighted by atomic mass is 9.97. The summed E-state index contributed by atoms with van der Waals surface area (Å²) in [5, 5.41) is 30.1. The van der Waals surface area contributed by atoms with E-state index in [1.807, 2.05) is 34.7 Å². The van der Waals surface area contributed by atoms with Crippen LogP contribution in [0.25, 0.3) is 0 Å². The van der Waals surface area contributed by atoms with Crippen LogP contribution < -0.4 is 26.6 Å². The molecule has 0 spiro atoms. The molecule has 2 fully saturated rings. The van der Waals surface area contributed by atoms with Crippen LogP contribution in [0.15, 0.2) is 12.4 Å². The number of aliphatic carboxylic acids is 1. The van der Waals surface area contributed by atoms with E-state index in [4.69, 9.17) is 47.1 Å². The second kappa shape index (κ2) is 26.9. The monoisotopic (exact) mass is 951 g/mol. The Kier molecular flexibility index (Phi) is 21.1. The van der Waals surface area contributed by atoms with Crippen molar-refractivity contribution in [2.45, 2.75) is 97.8 Å². The van der Waals surface area contributed by atoms with Crippen molar-refractivity contribution in [2.75, 3.05) is 114 Å². The zero-order valence-electron chi connectivity index (χ0n) is 40.8. The van der Waals surface area contributed by atoms with Crippen molar-refractivity contribution < 1.29 is 33.7 Å². The molecule has 6 unspecified atom stereocenters. The minimum Gasteiger partial charge on any atom is -0.481 e. The molecule has 23 heteroatoms. The predicted molar refractivity (Wildman–Crippen MR) is 254 cm³/mol. The molecular formula is C45H74N16O7. The highest BCUT2D eigenvalue weighted by Gasteiger charge is 2.35. The number of carbonyl (C=O) groups is 3. The largest absolute Gasteiger partial charge is 0.481 e. The highest BCUT2D eigenvalue weighted by atomic mass is 16.5. The van der Waals surface area contributed by atoms with Crippen molar-refractivity contribution >= 4 is 35.6 Å². The van der Waals surface area contributed by atoms with Crippen LogP contribution in [0, 0.1) is 30.1 Å². The summed E-state index contributed by atoms with van der Waals surface area (Å²) in [7, 11) is 0. The molecule has 0 aliphatic carbocycles. The van der Waals surface area contributed by atoms with Gasteiger partial charge in [-0.1, -0.05) is 70.7 Å². The maximum atomic E-state index is 14.3. The van der Waals surface area contributed by atoms with Crippen LogP contribution in [0.3, 0.4) is 0 Å². The van der Waals surface area contributed by atoms with Crippen LogP contribution in [0.1, 0.15) is 109 Å². The molecule has 2 aliphatic heterocycles. The number of rotatable bonds is 28. The van der Waals surface area contributed by atoms with Gasteiger partial charge in [-0.3, -0.25) is 14.4 Å². The number of amides is 2. The van der Waals surface area contributed by atoms with Gasteiger partial charge in [-0.05, 0) is 30.6 Å². The predicted octanol–water partition coefficient (Wildman–Crippen LogP) is 1.93. The van der Waals surface area contributed by atoms with E-state index < -0.39 is 18.1 Å². The normalized spacial score (nSPS) is 17.1. The van der Waals surface area contributed by atoms with E-state index in [-0.39, 0.29) is 55.2 Å². The molecule has 68 heavy (non-hydrogen) atoms. The Labute approximate surface area is 400 Å². The molecule has 2 aliphatic rings. The van der Waals surface area contributed by atoms with Crippen molar-refractivity contribution in [3.63, 3.8) is 0 Å². The van der Waals surface area contributed by atoms with Gasteiger partial charge in [-0.15, -0.1) is 16.6 Å². The van der Waals surface area contributed by atoms with Crippen molar-refractivity contribution in [1.82, 2.24) is 54.7 Å². The molecule has 0 aromatic carbocycles. The Balaban J connectivity index is 1.27. The summed E-state index contributed by atoms with van der Waals surface area (Å²) < 4.78 is 19.6. The van der Waals surface area contributed by atoms with Gasteiger partial charge in [0.15, 0.2) is 0 Å². The number of nitrogens with two attached hydrogens (primary N) is 2. The van der Waals surface area contributed by atoms with E-state index in [2.05, 4.69) is 59.6 Å². The van der Waals surface area contributed by atoms with E-state index in [9.17, 15) is 19.5 Å². The van der Waals surface area contributed by atoms with Crippen molar-refractivity contribution in [1.29, 1.82) is 0 Å². The quantitative estimate of drug-likeness (QED) is 0.0598. The molecule has 5 heterocycles. The summed E-state index contributed by atoms with van der Waals surface area (Å²) in [6.45, 7) is 18.4. The van der Waals surface area contributed by atoms with Gasteiger partial charge in [0.2, 0.25) is 29.7 Å². The van der Waals surface area contributed by atoms with E-state index in [1.54, 1.807) is 15.8 Å². The number of hydrogen-bond donors (Lipinski definition) is 4. The highest BCUT2D eigenvalue weighted by molar-refractivity contribution is 5.82. The molecule has 6 atom stereocenters. The highest BCUT2D eigenvalue weighted by Crippen LogP contribution is 2.28. The zero-order valence-corrected chi connectivity index (χ0v) is 40.8. The molecule has 0 radical (unpaired) electrons. The SMILES string of the molecule is C#CCOCCOCCOCCNc1nc(N2CCN(C(=O)C(CCC(=O)O)n3cc(C(N)C(C)CC)nn3)CC2)nc(N2CCN(C(=O)C(C(C)CC)n3cc(C(N)CC(C)C)nn3)CC2)n1. The number of nitrogens with one attached hydrogen (secondary N) is 1. The third-order valence-electron chi connectivity index (χ3n) is 12.5. The van der Waals surface area contributed by atoms with Gasteiger partial charge in [-0.25, -0.2) is 9.36 Å². The maximum absolute atomic E-state index is 14.3. The molecule has 3 aromatic rings. The summed E-state index contributed by atoms with van der Waals surface area (Å²) in [5.41, 5.74) is 14.1. The number of aromatic nitrogens is 9. The van der Waals surface area contributed by atoms with E-state index >= 15 is 0 Å².